The van der Waals surface area contributed by atoms with Gasteiger partial charge >= 0.3 is 0 Å². The van der Waals surface area contributed by atoms with E-state index in [2.05, 4.69) is 5.32 Å². The van der Waals surface area contributed by atoms with E-state index in [4.69, 9.17) is 0 Å². The predicted octanol–water partition coefficient (Wildman–Crippen LogP) is 2.46. The molecule has 0 fully saturated rings. The van der Waals surface area contributed by atoms with Crippen LogP contribution in [0.3, 0.4) is 0 Å². The molecule has 5 nitrogen and oxygen atoms in total. The maximum atomic E-state index is 13.5. The van der Waals surface area contributed by atoms with Crippen molar-refractivity contribution in [1.29, 1.82) is 0 Å². The molecule has 1 aromatic carbocycles. The molecular formula is C13H12F2N2O3S2. The molecule has 0 aliphatic rings. The van der Waals surface area contributed by atoms with Crippen molar-refractivity contribution in [2.45, 2.75) is 17.7 Å². The number of hydrogen-bond donors (Lipinski definition) is 2. The van der Waals surface area contributed by atoms with Gasteiger partial charge in [-0.2, -0.15) is 0 Å². The highest BCUT2D eigenvalue weighted by molar-refractivity contribution is 7.94. The Bertz CT molecular complexity index is 783. The number of para-hydroxylation sites is 1. The molecule has 1 aromatic heterocycles. The van der Waals surface area contributed by atoms with Crippen LogP contribution in [0.1, 0.15) is 11.8 Å². The Morgan fingerprint density at radius 2 is 1.82 bits per heavy atom. The van der Waals surface area contributed by atoms with Crippen LogP contribution in [0.4, 0.5) is 14.5 Å². The number of nitrogens with one attached hydrogen (secondary N) is 2. The highest BCUT2D eigenvalue weighted by atomic mass is 32.2. The minimum Gasteiger partial charge on any atom is -0.351 e. The van der Waals surface area contributed by atoms with Gasteiger partial charge in [-0.05, 0) is 24.3 Å². The second-order valence-corrected chi connectivity index (χ2v) is 7.41. The quantitative estimate of drug-likeness (QED) is 0.873. The average molecular weight is 346 g/mol. The summed E-state index contributed by atoms with van der Waals surface area (Å²) in [6.07, 6.45) is 0. The van der Waals surface area contributed by atoms with E-state index in [-0.39, 0.29) is 16.7 Å². The van der Waals surface area contributed by atoms with Crippen LogP contribution in [-0.2, 0) is 21.4 Å². The van der Waals surface area contributed by atoms with Gasteiger partial charge in [0.15, 0.2) is 0 Å². The van der Waals surface area contributed by atoms with E-state index in [0.29, 0.717) is 4.88 Å². The summed E-state index contributed by atoms with van der Waals surface area (Å²) in [5.74, 6) is -2.25. The predicted molar refractivity (Wildman–Crippen MR) is 79.0 cm³/mol. The van der Waals surface area contributed by atoms with E-state index in [1.165, 1.54) is 19.1 Å². The van der Waals surface area contributed by atoms with E-state index in [9.17, 15) is 22.0 Å². The van der Waals surface area contributed by atoms with E-state index < -0.39 is 27.3 Å². The molecular weight excluding hydrogens is 334 g/mol. The minimum absolute atomic E-state index is 0.101. The first-order valence-corrected chi connectivity index (χ1v) is 8.39. The number of anilines is 1. The molecule has 0 atom stereocenters. The first-order valence-electron chi connectivity index (χ1n) is 6.09. The molecule has 0 radical (unpaired) electrons. The average Bonchev–Trinajstić information content (AvgIpc) is 2.90. The van der Waals surface area contributed by atoms with Crippen molar-refractivity contribution in [3.05, 3.63) is 46.8 Å². The molecule has 2 aromatic rings. The number of sulfonamides is 1. The SMILES string of the molecule is CC(=O)NCc1ccc(S(=O)(=O)Nc2c(F)cccc2F)s1. The molecule has 0 spiro atoms. The Kier molecular flexibility index (Phi) is 4.77. The van der Waals surface area contributed by atoms with Gasteiger partial charge in [0.2, 0.25) is 5.91 Å². The zero-order valence-electron chi connectivity index (χ0n) is 11.4. The number of rotatable bonds is 5. The summed E-state index contributed by atoms with van der Waals surface area (Å²) < 4.78 is 53.1. The van der Waals surface area contributed by atoms with Crippen LogP contribution < -0.4 is 10.0 Å². The van der Waals surface area contributed by atoms with Crippen molar-refractivity contribution < 1.29 is 22.0 Å². The van der Waals surface area contributed by atoms with Crippen molar-refractivity contribution >= 4 is 33.0 Å². The third-order valence-electron chi connectivity index (χ3n) is 2.61. The van der Waals surface area contributed by atoms with Crippen molar-refractivity contribution in [3.8, 4) is 0 Å². The van der Waals surface area contributed by atoms with Crippen LogP contribution in [0.15, 0.2) is 34.5 Å². The van der Waals surface area contributed by atoms with Gasteiger partial charge in [0.05, 0.1) is 6.54 Å². The number of benzene rings is 1. The first kappa shape index (κ1) is 16.4. The maximum Gasteiger partial charge on any atom is 0.271 e. The summed E-state index contributed by atoms with van der Waals surface area (Å²) in [7, 11) is -4.10. The van der Waals surface area contributed by atoms with Crippen LogP contribution >= 0.6 is 11.3 Å². The molecule has 22 heavy (non-hydrogen) atoms. The summed E-state index contributed by atoms with van der Waals surface area (Å²) in [5, 5.41) is 2.53. The van der Waals surface area contributed by atoms with Crippen molar-refractivity contribution in [1.82, 2.24) is 5.32 Å². The molecule has 9 heteroatoms. The van der Waals surface area contributed by atoms with Crippen molar-refractivity contribution in [3.63, 3.8) is 0 Å². The number of carbonyl (C=O) groups excluding carboxylic acids is 1. The molecule has 0 bridgehead atoms. The van der Waals surface area contributed by atoms with Crippen LogP contribution in [-0.4, -0.2) is 14.3 Å². The highest BCUT2D eigenvalue weighted by Gasteiger charge is 2.21. The molecule has 1 heterocycles. The van der Waals surface area contributed by atoms with Crippen LogP contribution in [0.5, 0.6) is 0 Å². The van der Waals surface area contributed by atoms with Crippen molar-refractivity contribution in [2.75, 3.05) is 4.72 Å². The summed E-state index contributed by atoms with van der Waals surface area (Å²) in [6, 6.07) is 5.88. The second-order valence-electron chi connectivity index (χ2n) is 4.33. The number of carbonyl (C=O) groups is 1. The normalized spacial score (nSPS) is 11.2. The van der Waals surface area contributed by atoms with Gasteiger partial charge in [0, 0.05) is 11.8 Å². The lowest BCUT2D eigenvalue weighted by atomic mass is 10.3. The maximum absolute atomic E-state index is 13.5. The molecule has 0 saturated carbocycles. The third kappa shape index (κ3) is 3.80. The van der Waals surface area contributed by atoms with Crippen LogP contribution in [0, 0.1) is 11.6 Å². The number of halogens is 2. The second kappa shape index (κ2) is 6.41. The zero-order valence-corrected chi connectivity index (χ0v) is 13.0. The van der Waals surface area contributed by atoms with Gasteiger partial charge in [0.1, 0.15) is 21.5 Å². The molecule has 1 amide bonds. The Hall–Kier alpha value is -2.00. The zero-order chi connectivity index (χ0) is 16.3. The van der Waals surface area contributed by atoms with Gasteiger partial charge in [0.25, 0.3) is 10.0 Å². The van der Waals surface area contributed by atoms with Gasteiger partial charge in [-0.25, -0.2) is 17.2 Å². The Labute approximate surface area is 130 Å². The molecule has 2 N–H and O–H groups in total. The van der Waals surface area contributed by atoms with Gasteiger partial charge in [-0.15, -0.1) is 11.3 Å². The van der Waals surface area contributed by atoms with E-state index in [0.717, 1.165) is 29.5 Å². The van der Waals surface area contributed by atoms with Crippen LogP contribution in [0.25, 0.3) is 0 Å². The topological polar surface area (TPSA) is 75.3 Å². The smallest absolute Gasteiger partial charge is 0.271 e. The molecule has 2 rings (SSSR count). The first-order chi connectivity index (χ1) is 10.3. The fourth-order valence-electron chi connectivity index (χ4n) is 1.59. The molecule has 0 saturated heterocycles. The molecule has 0 unspecified atom stereocenters. The Balaban J connectivity index is 2.22. The molecule has 0 aliphatic heterocycles. The largest absolute Gasteiger partial charge is 0.351 e. The number of amides is 1. The van der Waals surface area contributed by atoms with E-state index >= 15 is 0 Å². The minimum atomic E-state index is -4.10. The fraction of sp³-hybridized carbons (Fsp3) is 0.154. The van der Waals surface area contributed by atoms with Crippen LogP contribution in [0.2, 0.25) is 0 Å². The Morgan fingerprint density at radius 1 is 1.18 bits per heavy atom. The van der Waals surface area contributed by atoms with Gasteiger partial charge in [-0.3, -0.25) is 9.52 Å². The third-order valence-corrected chi connectivity index (χ3v) is 5.54. The monoisotopic (exact) mass is 346 g/mol. The highest BCUT2D eigenvalue weighted by Crippen LogP contribution is 2.26. The molecule has 118 valence electrons. The molecule has 0 aliphatic carbocycles. The van der Waals surface area contributed by atoms with E-state index in [1.807, 2.05) is 4.72 Å². The fourth-order valence-corrected chi connectivity index (χ4v) is 3.96. The Morgan fingerprint density at radius 3 is 2.41 bits per heavy atom. The number of hydrogen-bond acceptors (Lipinski definition) is 4. The summed E-state index contributed by atoms with van der Waals surface area (Å²) >= 11 is 0.903. The number of thiophene rings is 1. The van der Waals surface area contributed by atoms with Gasteiger partial charge < -0.3 is 5.32 Å². The van der Waals surface area contributed by atoms with Gasteiger partial charge in [-0.1, -0.05) is 6.07 Å². The summed E-state index contributed by atoms with van der Waals surface area (Å²) in [5.41, 5.74) is -0.723. The summed E-state index contributed by atoms with van der Waals surface area (Å²) in [4.78, 5) is 11.4. The summed E-state index contributed by atoms with van der Waals surface area (Å²) in [6.45, 7) is 1.53. The lowest BCUT2D eigenvalue weighted by Crippen LogP contribution is -2.18. The lowest BCUT2D eigenvalue weighted by Gasteiger charge is -2.08. The standard InChI is InChI=1S/C13H12F2N2O3S2/c1-8(18)16-7-9-5-6-12(21-9)22(19,20)17-13-10(14)3-2-4-11(13)15/h2-6,17H,7H2,1H3,(H,16,18). The van der Waals surface area contributed by atoms with Crippen molar-refractivity contribution in [2.24, 2.45) is 0 Å². The lowest BCUT2D eigenvalue weighted by molar-refractivity contribution is -0.119. The van der Waals surface area contributed by atoms with E-state index in [1.54, 1.807) is 0 Å².